The number of hydrogen-bond donors (Lipinski definition) is 2. The number of aromatic nitrogens is 1. The molecule has 1 aromatic heterocycles. The predicted molar refractivity (Wildman–Crippen MR) is 76.4 cm³/mol. The van der Waals surface area contributed by atoms with Gasteiger partial charge in [0, 0.05) is 17.9 Å². The Bertz CT molecular complexity index is 695. The molecule has 18 heavy (non-hydrogen) atoms. The first-order chi connectivity index (χ1) is 8.78. The van der Waals surface area contributed by atoms with Crippen molar-refractivity contribution in [2.75, 3.05) is 0 Å². The largest absolute Gasteiger partial charge is 0.358 e. The Labute approximate surface area is 106 Å². The van der Waals surface area contributed by atoms with Gasteiger partial charge in [-0.05, 0) is 41.0 Å². The van der Waals surface area contributed by atoms with Crippen LogP contribution < -0.4 is 5.73 Å². The average molecular weight is 236 g/mol. The molecule has 1 heterocycles. The highest BCUT2D eigenvalue weighted by molar-refractivity contribution is 5.86. The van der Waals surface area contributed by atoms with Crippen molar-refractivity contribution in [2.24, 2.45) is 5.73 Å². The molecule has 0 amide bonds. The number of H-pyrrole nitrogens is 1. The smallest absolute Gasteiger partial charge is 0.0459 e. The van der Waals surface area contributed by atoms with Gasteiger partial charge in [0.2, 0.25) is 0 Å². The quantitative estimate of drug-likeness (QED) is 0.701. The first kappa shape index (κ1) is 11.1. The molecular weight excluding hydrogens is 220 g/mol. The van der Waals surface area contributed by atoms with Crippen molar-refractivity contribution in [1.82, 2.24) is 4.98 Å². The number of aromatic amines is 1. The van der Waals surface area contributed by atoms with Crippen LogP contribution in [0.5, 0.6) is 0 Å². The van der Waals surface area contributed by atoms with E-state index in [0.29, 0.717) is 6.54 Å². The Kier molecular flexibility index (Phi) is 2.65. The van der Waals surface area contributed by atoms with Gasteiger partial charge in [-0.1, -0.05) is 36.4 Å². The van der Waals surface area contributed by atoms with Crippen molar-refractivity contribution in [3.05, 3.63) is 59.8 Å². The lowest BCUT2D eigenvalue weighted by atomic mass is 10.1. The number of fused-ring (bicyclic) bond motifs is 1. The van der Waals surface area contributed by atoms with Crippen LogP contribution in [0, 0.1) is 6.92 Å². The lowest BCUT2D eigenvalue weighted by Gasteiger charge is -2.01. The van der Waals surface area contributed by atoms with Gasteiger partial charge in [0.15, 0.2) is 0 Å². The van der Waals surface area contributed by atoms with Gasteiger partial charge >= 0.3 is 0 Å². The summed E-state index contributed by atoms with van der Waals surface area (Å²) in [5.41, 5.74) is 10.4. The van der Waals surface area contributed by atoms with E-state index in [1.807, 2.05) is 0 Å². The highest BCUT2D eigenvalue weighted by atomic mass is 14.7. The maximum absolute atomic E-state index is 5.71. The number of nitrogens with two attached hydrogens (primary N) is 1. The minimum absolute atomic E-state index is 0.579. The van der Waals surface area contributed by atoms with Gasteiger partial charge in [0.05, 0.1) is 0 Å². The van der Waals surface area contributed by atoms with Crippen LogP contribution in [0.4, 0.5) is 0 Å². The Balaban J connectivity index is 2.13. The van der Waals surface area contributed by atoms with E-state index in [4.69, 9.17) is 5.73 Å². The molecule has 3 N–H and O–H groups in total. The van der Waals surface area contributed by atoms with Crippen LogP contribution in [0.3, 0.4) is 0 Å². The fourth-order valence-corrected chi connectivity index (χ4v) is 2.33. The van der Waals surface area contributed by atoms with Crippen molar-refractivity contribution in [2.45, 2.75) is 13.5 Å². The number of benzene rings is 2. The number of aryl methyl sites for hydroxylation is 1. The maximum atomic E-state index is 5.71. The Morgan fingerprint density at radius 2 is 1.78 bits per heavy atom. The standard InChI is InChI=1S/C16H16N2/c1-11-15(10-17)9-16(18-11)14-7-6-12-4-2-3-5-13(12)8-14/h2-9,18H,10,17H2,1H3. The van der Waals surface area contributed by atoms with E-state index in [-0.39, 0.29) is 0 Å². The lowest BCUT2D eigenvalue weighted by Crippen LogP contribution is -1.95. The topological polar surface area (TPSA) is 41.8 Å². The van der Waals surface area contributed by atoms with Crippen molar-refractivity contribution >= 4 is 10.8 Å². The Morgan fingerprint density at radius 3 is 2.50 bits per heavy atom. The van der Waals surface area contributed by atoms with Crippen LogP contribution >= 0.6 is 0 Å². The number of hydrogen-bond acceptors (Lipinski definition) is 1. The second kappa shape index (κ2) is 4.31. The highest BCUT2D eigenvalue weighted by Crippen LogP contribution is 2.25. The van der Waals surface area contributed by atoms with Crippen LogP contribution in [0.25, 0.3) is 22.0 Å². The molecule has 0 unspecified atom stereocenters. The summed E-state index contributed by atoms with van der Waals surface area (Å²) in [6.07, 6.45) is 0. The van der Waals surface area contributed by atoms with E-state index >= 15 is 0 Å². The molecule has 0 saturated carbocycles. The third kappa shape index (κ3) is 1.81. The zero-order valence-electron chi connectivity index (χ0n) is 10.4. The van der Waals surface area contributed by atoms with E-state index in [0.717, 1.165) is 11.4 Å². The first-order valence-corrected chi connectivity index (χ1v) is 6.15. The third-order valence-corrected chi connectivity index (χ3v) is 3.40. The van der Waals surface area contributed by atoms with Crippen molar-refractivity contribution < 1.29 is 0 Å². The van der Waals surface area contributed by atoms with E-state index in [1.54, 1.807) is 0 Å². The first-order valence-electron chi connectivity index (χ1n) is 6.15. The third-order valence-electron chi connectivity index (χ3n) is 3.40. The van der Waals surface area contributed by atoms with E-state index in [1.165, 1.54) is 21.9 Å². The van der Waals surface area contributed by atoms with Gasteiger partial charge in [-0.15, -0.1) is 0 Å². The van der Waals surface area contributed by atoms with E-state index in [9.17, 15) is 0 Å². The molecule has 90 valence electrons. The molecule has 0 spiro atoms. The predicted octanol–water partition coefficient (Wildman–Crippen LogP) is 3.60. The molecule has 0 saturated heterocycles. The molecule has 0 radical (unpaired) electrons. The van der Waals surface area contributed by atoms with Gasteiger partial charge < -0.3 is 10.7 Å². The molecule has 2 heteroatoms. The lowest BCUT2D eigenvalue weighted by molar-refractivity contribution is 1.04. The second-order valence-electron chi connectivity index (χ2n) is 4.60. The average Bonchev–Trinajstić information content (AvgIpc) is 2.79. The van der Waals surface area contributed by atoms with Crippen LogP contribution in [0.15, 0.2) is 48.5 Å². The molecule has 2 nitrogen and oxygen atoms in total. The monoisotopic (exact) mass is 236 g/mol. The summed E-state index contributed by atoms with van der Waals surface area (Å²) in [6.45, 7) is 2.64. The van der Waals surface area contributed by atoms with Crippen LogP contribution in [0.2, 0.25) is 0 Å². The molecule has 0 bridgehead atoms. The number of nitrogens with one attached hydrogen (secondary N) is 1. The van der Waals surface area contributed by atoms with Crippen molar-refractivity contribution in [3.63, 3.8) is 0 Å². The summed E-state index contributed by atoms with van der Waals surface area (Å²) >= 11 is 0. The fourth-order valence-electron chi connectivity index (χ4n) is 2.33. The van der Waals surface area contributed by atoms with Crippen molar-refractivity contribution in [3.8, 4) is 11.3 Å². The molecule has 0 aliphatic carbocycles. The van der Waals surface area contributed by atoms with Crippen molar-refractivity contribution in [1.29, 1.82) is 0 Å². The highest BCUT2D eigenvalue weighted by Gasteiger charge is 2.05. The zero-order valence-corrected chi connectivity index (χ0v) is 10.4. The molecule has 3 aromatic rings. The summed E-state index contributed by atoms with van der Waals surface area (Å²) < 4.78 is 0. The minimum Gasteiger partial charge on any atom is -0.358 e. The Morgan fingerprint density at radius 1 is 1.00 bits per heavy atom. The molecule has 0 aliphatic heterocycles. The summed E-state index contributed by atoms with van der Waals surface area (Å²) in [5, 5.41) is 2.53. The molecule has 0 aliphatic rings. The molecule has 0 atom stereocenters. The van der Waals surface area contributed by atoms with Gasteiger partial charge in [0.25, 0.3) is 0 Å². The summed E-state index contributed by atoms with van der Waals surface area (Å²) in [4.78, 5) is 3.40. The summed E-state index contributed by atoms with van der Waals surface area (Å²) in [7, 11) is 0. The molecule has 3 rings (SSSR count). The van der Waals surface area contributed by atoms with E-state index < -0.39 is 0 Å². The minimum atomic E-state index is 0.579. The molecular formula is C16H16N2. The normalized spacial score (nSPS) is 11.0. The molecule has 2 aromatic carbocycles. The fraction of sp³-hybridized carbons (Fsp3) is 0.125. The summed E-state index contributed by atoms with van der Waals surface area (Å²) in [6, 6.07) is 17.0. The zero-order chi connectivity index (χ0) is 12.5. The van der Waals surface area contributed by atoms with Crippen LogP contribution in [-0.2, 0) is 6.54 Å². The van der Waals surface area contributed by atoms with Crippen LogP contribution in [0.1, 0.15) is 11.3 Å². The van der Waals surface area contributed by atoms with Gasteiger partial charge in [-0.3, -0.25) is 0 Å². The van der Waals surface area contributed by atoms with Gasteiger partial charge in [-0.2, -0.15) is 0 Å². The maximum Gasteiger partial charge on any atom is 0.0459 e. The van der Waals surface area contributed by atoms with E-state index in [2.05, 4.69) is 60.4 Å². The SMILES string of the molecule is Cc1[nH]c(-c2ccc3ccccc3c2)cc1CN. The Hall–Kier alpha value is -2.06. The summed E-state index contributed by atoms with van der Waals surface area (Å²) in [5.74, 6) is 0. The number of rotatable bonds is 2. The second-order valence-corrected chi connectivity index (χ2v) is 4.60. The van der Waals surface area contributed by atoms with Crippen LogP contribution in [-0.4, -0.2) is 4.98 Å². The molecule has 0 fully saturated rings. The van der Waals surface area contributed by atoms with Gasteiger partial charge in [-0.25, -0.2) is 0 Å². The van der Waals surface area contributed by atoms with Gasteiger partial charge in [0.1, 0.15) is 0 Å².